The molecule has 0 aliphatic carbocycles. The Morgan fingerprint density at radius 2 is 1.37 bits per heavy atom. The average Bonchev–Trinajstić information content (AvgIpc) is 2.72. The maximum absolute atomic E-state index is 11.9. The van der Waals surface area contributed by atoms with E-state index in [0.717, 1.165) is 56.9 Å². The van der Waals surface area contributed by atoms with Gasteiger partial charge in [-0.05, 0) is 43.9 Å². The summed E-state index contributed by atoms with van der Waals surface area (Å²) in [7, 11) is 0. The van der Waals surface area contributed by atoms with E-state index in [1.165, 1.54) is 25.7 Å². The van der Waals surface area contributed by atoms with Crippen molar-refractivity contribution in [2.24, 2.45) is 0 Å². The SMILES string of the molecule is CCCCCCCCOC(=O)CCCCCCCCC(=O)Oc1cc(C)ccc1Cl. The standard InChI is InChI=1S/C25H39ClO4/c1-3-4-5-6-11-14-19-29-24(27)15-12-9-7-8-10-13-16-25(28)30-23-20-21(2)17-18-22(23)26/h17-18,20H,3-16,19H2,1-2H3. The summed E-state index contributed by atoms with van der Waals surface area (Å²) in [5.74, 6) is 0.127. The lowest BCUT2D eigenvalue weighted by Gasteiger charge is -2.07. The molecular weight excluding hydrogens is 400 g/mol. The van der Waals surface area contributed by atoms with Gasteiger partial charge in [-0.25, -0.2) is 0 Å². The molecule has 0 saturated heterocycles. The van der Waals surface area contributed by atoms with E-state index < -0.39 is 0 Å². The summed E-state index contributed by atoms with van der Waals surface area (Å²) in [6.07, 6.45) is 13.9. The van der Waals surface area contributed by atoms with E-state index in [1.54, 1.807) is 12.1 Å². The molecule has 5 heteroatoms. The number of rotatable bonds is 17. The lowest BCUT2D eigenvalue weighted by Crippen LogP contribution is -2.08. The lowest BCUT2D eigenvalue weighted by molar-refractivity contribution is -0.144. The van der Waals surface area contributed by atoms with Gasteiger partial charge in [0.25, 0.3) is 0 Å². The summed E-state index contributed by atoms with van der Waals surface area (Å²) < 4.78 is 10.6. The zero-order chi connectivity index (χ0) is 22.0. The zero-order valence-electron chi connectivity index (χ0n) is 18.8. The van der Waals surface area contributed by atoms with Crippen LogP contribution in [-0.2, 0) is 14.3 Å². The Labute approximate surface area is 187 Å². The second kappa shape index (κ2) is 17.2. The number of halogens is 1. The highest BCUT2D eigenvalue weighted by atomic mass is 35.5. The molecule has 1 aromatic rings. The molecule has 0 bridgehead atoms. The number of carbonyl (C=O) groups is 2. The molecule has 0 heterocycles. The first-order valence-electron chi connectivity index (χ1n) is 11.7. The summed E-state index contributed by atoms with van der Waals surface area (Å²) >= 11 is 6.04. The summed E-state index contributed by atoms with van der Waals surface area (Å²) in [5, 5.41) is 0.458. The largest absolute Gasteiger partial charge is 0.466 e. The van der Waals surface area contributed by atoms with Crippen molar-refractivity contribution >= 4 is 23.5 Å². The van der Waals surface area contributed by atoms with Gasteiger partial charge in [-0.15, -0.1) is 0 Å². The molecule has 0 spiro atoms. The third-order valence-corrected chi connectivity index (χ3v) is 5.40. The quantitative estimate of drug-likeness (QED) is 0.143. The van der Waals surface area contributed by atoms with E-state index in [4.69, 9.17) is 21.1 Å². The highest BCUT2D eigenvalue weighted by Gasteiger charge is 2.08. The predicted octanol–water partition coefficient (Wildman–Crippen LogP) is 7.58. The minimum atomic E-state index is -0.240. The van der Waals surface area contributed by atoms with Gasteiger partial charge in [0.15, 0.2) is 0 Å². The molecule has 0 amide bonds. The van der Waals surface area contributed by atoms with Gasteiger partial charge >= 0.3 is 11.9 Å². The lowest BCUT2D eigenvalue weighted by atomic mass is 10.1. The normalized spacial score (nSPS) is 10.8. The van der Waals surface area contributed by atoms with Crippen LogP contribution in [0.5, 0.6) is 5.75 Å². The molecule has 1 aromatic carbocycles. The van der Waals surface area contributed by atoms with E-state index in [2.05, 4.69) is 6.92 Å². The number of carbonyl (C=O) groups excluding carboxylic acids is 2. The van der Waals surface area contributed by atoms with Gasteiger partial charge < -0.3 is 9.47 Å². The first kappa shape index (κ1) is 26.5. The minimum Gasteiger partial charge on any atom is -0.466 e. The topological polar surface area (TPSA) is 52.6 Å². The number of ether oxygens (including phenoxy) is 2. The molecular formula is C25H39ClO4. The molecule has 1 rings (SSSR count). The molecule has 0 atom stereocenters. The molecule has 0 radical (unpaired) electrons. The molecule has 0 aliphatic heterocycles. The summed E-state index contributed by atoms with van der Waals surface area (Å²) in [6, 6.07) is 5.40. The number of benzene rings is 1. The van der Waals surface area contributed by atoms with Crippen LogP contribution in [0.15, 0.2) is 18.2 Å². The van der Waals surface area contributed by atoms with Crippen LogP contribution < -0.4 is 4.74 Å². The van der Waals surface area contributed by atoms with Crippen molar-refractivity contribution in [2.45, 2.75) is 104 Å². The van der Waals surface area contributed by atoms with E-state index in [9.17, 15) is 9.59 Å². The van der Waals surface area contributed by atoms with Crippen molar-refractivity contribution in [3.05, 3.63) is 28.8 Å². The number of hydrogen-bond acceptors (Lipinski definition) is 4. The first-order chi connectivity index (χ1) is 14.5. The second-order valence-electron chi connectivity index (χ2n) is 8.02. The predicted molar refractivity (Wildman–Crippen MR) is 123 cm³/mol. The van der Waals surface area contributed by atoms with Gasteiger partial charge in [0, 0.05) is 12.8 Å². The smallest absolute Gasteiger partial charge is 0.311 e. The zero-order valence-corrected chi connectivity index (χ0v) is 19.6. The van der Waals surface area contributed by atoms with E-state index in [0.29, 0.717) is 30.2 Å². The van der Waals surface area contributed by atoms with Gasteiger partial charge in [-0.1, -0.05) is 82.4 Å². The Hall–Kier alpha value is -1.55. The Bertz CT molecular complexity index is 615. The maximum Gasteiger partial charge on any atom is 0.311 e. The van der Waals surface area contributed by atoms with Gasteiger partial charge in [0.05, 0.1) is 11.6 Å². The number of aryl methyl sites for hydroxylation is 1. The van der Waals surface area contributed by atoms with Crippen LogP contribution in [0.25, 0.3) is 0 Å². The fourth-order valence-corrected chi connectivity index (χ4v) is 3.40. The Morgan fingerprint density at radius 3 is 2.03 bits per heavy atom. The molecule has 0 unspecified atom stereocenters. The first-order valence-corrected chi connectivity index (χ1v) is 12.0. The fourth-order valence-electron chi connectivity index (χ4n) is 3.25. The van der Waals surface area contributed by atoms with Crippen molar-refractivity contribution in [1.82, 2.24) is 0 Å². The highest BCUT2D eigenvalue weighted by molar-refractivity contribution is 6.32. The van der Waals surface area contributed by atoms with Crippen LogP contribution in [0, 0.1) is 6.92 Å². The number of unbranched alkanes of at least 4 members (excludes halogenated alkanes) is 10. The van der Waals surface area contributed by atoms with Crippen molar-refractivity contribution in [3.8, 4) is 5.75 Å². The molecule has 4 nitrogen and oxygen atoms in total. The molecule has 0 N–H and O–H groups in total. The van der Waals surface area contributed by atoms with Gasteiger partial charge in [0.1, 0.15) is 5.75 Å². The van der Waals surface area contributed by atoms with Crippen molar-refractivity contribution in [3.63, 3.8) is 0 Å². The number of hydrogen-bond donors (Lipinski definition) is 0. The van der Waals surface area contributed by atoms with Gasteiger partial charge in [-0.2, -0.15) is 0 Å². The molecule has 30 heavy (non-hydrogen) atoms. The van der Waals surface area contributed by atoms with Crippen LogP contribution in [0.2, 0.25) is 5.02 Å². The van der Waals surface area contributed by atoms with Crippen LogP contribution in [0.3, 0.4) is 0 Å². The van der Waals surface area contributed by atoms with Crippen LogP contribution in [-0.4, -0.2) is 18.5 Å². The van der Waals surface area contributed by atoms with E-state index in [-0.39, 0.29) is 11.9 Å². The number of esters is 2. The Balaban J connectivity index is 1.92. The van der Waals surface area contributed by atoms with Crippen LogP contribution in [0.4, 0.5) is 0 Å². The monoisotopic (exact) mass is 438 g/mol. The van der Waals surface area contributed by atoms with Gasteiger partial charge in [0.2, 0.25) is 0 Å². The summed E-state index contributed by atoms with van der Waals surface area (Å²) in [4.78, 5) is 23.6. The van der Waals surface area contributed by atoms with Crippen molar-refractivity contribution < 1.29 is 19.1 Å². The van der Waals surface area contributed by atoms with E-state index >= 15 is 0 Å². The fraction of sp³-hybridized carbons (Fsp3) is 0.680. The molecule has 0 saturated carbocycles. The summed E-state index contributed by atoms with van der Waals surface area (Å²) in [6.45, 7) is 4.71. The maximum atomic E-state index is 11.9. The van der Waals surface area contributed by atoms with Crippen LogP contribution >= 0.6 is 11.6 Å². The Kier molecular flexibility index (Phi) is 15.2. The van der Waals surface area contributed by atoms with Crippen LogP contribution in [0.1, 0.15) is 102 Å². The van der Waals surface area contributed by atoms with Gasteiger partial charge in [-0.3, -0.25) is 9.59 Å². The summed E-state index contributed by atoms with van der Waals surface area (Å²) in [5.41, 5.74) is 1.01. The molecule has 0 fully saturated rings. The van der Waals surface area contributed by atoms with Crippen molar-refractivity contribution in [1.29, 1.82) is 0 Å². The van der Waals surface area contributed by atoms with Crippen molar-refractivity contribution in [2.75, 3.05) is 6.61 Å². The molecule has 0 aliphatic rings. The van der Waals surface area contributed by atoms with E-state index in [1.807, 2.05) is 13.0 Å². The molecule has 0 aromatic heterocycles. The molecule has 170 valence electrons. The third kappa shape index (κ3) is 13.6. The highest BCUT2D eigenvalue weighted by Crippen LogP contribution is 2.25. The second-order valence-corrected chi connectivity index (χ2v) is 8.42. The minimum absolute atomic E-state index is 0.0684. The Morgan fingerprint density at radius 1 is 0.800 bits per heavy atom. The average molecular weight is 439 g/mol. The third-order valence-electron chi connectivity index (χ3n) is 5.08.